The third kappa shape index (κ3) is 4.43. The van der Waals surface area contributed by atoms with Crippen LogP contribution in [-0.4, -0.2) is 28.6 Å². The summed E-state index contributed by atoms with van der Waals surface area (Å²) in [6, 6.07) is 6.12. The van der Waals surface area contributed by atoms with Crippen LogP contribution in [0.4, 0.5) is 23.7 Å². The number of alkyl halides is 3. The molecule has 136 valence electrons. The summed E-state index contributed by atoms with van der Waals surface area (Å²) in [6.07, 6.45) is -4.85. The summed E-state index contributed by atoms with van der Waals surface area (Å²) >= 11 is 0. The Morgan fingerprint density at radius 3 is 2.40 bits per heavy atom. The molecule has 1 aromatic carbocycles. The molecule has 0 fully saturated rings. The number of halogens is 3. The van der Waals surface area contributed by atoms with Gasteiger partial charge in [-0.1, -0.05) is 12.1 Å². The molecule has 0 atom stereocenters. The van der Waals surface area contributed by atoms with E-state index in [9.17, 15) is 18.0 Å². The third-order valence-corrected chi connectivity index (χ3v) is 2.99. The number of hydrogen-bond donors (Lipinski definition) is 1. The lowest BCUT2D eigenvalue weighted by atomic mass is 10.2. The number of ether oxygens (including phenoxy) is 2. The van der Waals surface area contributed by atoms with Gasteiger partial charge in [-0.2, -0.15) is 18.3 Å². The van der Waals surface area contributed by atoms with Gasteiger partial charge in [-0.15, -0.1) is 0 Å². The van der Waals surface area contributed by atoms with Crippen molar-refractivity contribution in [3.05, 3.63) is 36.2 Å². The van der Waals surface area contributed by atoms with Crippen molar-refractivity contribution in [2.45, 2.75) is 32.5 Å². The van der Waals surface area contributed by atoms with E-state index in [-0.39, 0.29) is 11.4 Å². The summed E-state index contributed by atoms with van der Waals surface area (Å²) in [5.74, 6) is 0.208. The summed E-state index contributed by atoms with van der Waals surface area (Å²) in [5.41, 5.74) is -2.40. The molecule has 9 heteroatoms. The zero-order valence-electron chi connectivity index (χ0n) is 14.1. The fourth-order valence-corrected chi connectivity index (χ4v) is 2.11. The number of nitrogens with one attached hydrogen (secondary N) is 1. The lowest BCUT2D eigenvalue weighted by Crippen LogP contribution is -2.28. The van der Waals surface area contributed by atoms with Gasteiger partial charge in [0.25, 0.3) is 0 Å². The van der Waals surface area contributed by atoms with Crippen molar-refractivity contribution in [2.75, 3.05) is 12.4 Å². The van der Waals surface area contributed by atoms with E-state index in [1.54, 1.807) is 32.9 Å². The number of hydrogen-bond acceptors (Lipinski definition) is 4. The first-order valence-corrected chi connectivity index (χ1v) is 7.31. The van der Waals surface area contributed by atoms with Crippen molar-refractivity contribution in [1.82, 2.24) is 9.78 Å². The first-order valence-electron chi connectivity index (χ1n) is 7.31. The molecule has 0 spiro atoms. The topological polar surface area (TPSA) is 65.4 Å². The van der Waals surface area contributed by atoms with E-state index in [4.69, 9.17) is 9.47 Å². The highest BCUT2D eigenvalue weighted by atomic mass is 19.4. The van der Waals surface area contributed by atoms with Crippen molar-refractivity contribution in [1.29, 1.82) is 0 Å². The average Bonchev–Trinajstić information content (AvgIpc) is 2.88. The monoisotopic (exact) mass is 357 g/mol. The van der Waals surface area contributed by atoms with Crippen LogP contribution in [0.1, 0.15) is 26.5 Å². The number of aromatic nitrogens is 2. The molecule has 0 saturated carbocycles. The van der Waals surface area contributed by atoms with Gasteiger partial charge in [0.2, 0.25) is 0 Å². The first-order chi connectivity index (χ1) is 11.5. The van der Waals surface area contributed by atoms with Crippen LogP contribution in [0.15, 0.2) is 30.5 Å². The molecular formula is C16H18F3N3O3. The standard InChI is InChI=1S/C16H18F3N3O3/c1-15(2,3)25-14(23)21-10-9-20-22(13(10)16(17,18)19)11-7-5-6-8-12(11)24-4/h5-9H,1-4H3,(H,21,23). The minimum Gasteiger partial charge on any atom is -0.494 e. The fourth-order valence-electron chi connectivity index (χ4n) is 2.11. The maximum absolute atomic E-state index is 13.6. The highest BCUT2D eigenvalue weighted by Gasteiger charge is 2.40. The van der Waals surface area contributed by atoms with Crippen molar-refractivity contribution >= 4 is 11.8 Å². The van der Waals surface area contributed by atoms with Crippen molar-refractivity contribution in [3.63, 3.8) is 0 Å². The fraction of sp³-hybridized carbons (Fsp3) is 0.375. The average molecular weight is 357 g/mol. The summed E-state index contributed by atoms with van der Waals surface area (Å²) in [7, 11) is 1.34. The smallest absolute Gasteiger partial charge is 0.435 e. The molecule has 0 bridgehead atoms. The van der Waals surface area contributed by atoms with Crippen molar-refractivity contribution in [3.8, 4) is 11.4 Å². The molecule has 0 aliphatic rings. The van der Waals surface area contributed by atoms with Crippen molar-refractivity contribution < 1.29 is 27.4 Å². The third-order valence-electron chi connectivity index (χ3n) is 2.99. The van der Waals surface area contributed by atoms with E-state index in [0.717, 1.165) is 6.20 Å². The zero-order valence-corrected chi connectivity index (χ0v) is 14.1. The zero-order chi connectivity index (χ0) is 18.8. The molecule has 0 aliphatic carbocycles. The van der Waals surface area contributed by atoms with E-state index >= 15 is 0 Å². The van der Waals surface area contributed by atoms with Gasteiger partial charge in [0.15, 0.2) is 5.69 Å². The highest BCUT2D eigenvalue weighted by molar-refractivity contribution is 5.85. The Hall–Kier alpha value is -2.71. The number of rotatable bonds is 3. The second-order valence-electron chi connectivity index (χ2n) is 6.12. The molecule has 2 rings (SSSR count). The number of para-hydroxylation sites is 2. The number of carbonyl (C=O) groups excluding carboxylic acids is 1. The van der Waals surface area contributed by atoms with E-state index < -0.39 is 29.3 Å². The van der Waals surface area contributed by atoms with Crippen LogP contribution >= 0.6 is 0 Å². The first kappa shape index (κ1) is 18.6. The second-order valence-corrected chi connectivity index (χ2v) is 6.12. The summed E-state index contributed by atoms with van der Waals surface area (Å²) in [5, 5.41) is 5.85. The van der Waals surface area contributed by atoms with Crippen LogP contribution in [0.25, 0.3) is 5.69 Å². The van der Waals surface area contributed by atoms with E-state index in [1.165, 1.54) is 19.2 Å². The molecule has 0 aliphatic heterocycles. The number of benzene rings is 1. The summed E-state index contributed by atoms with van der Waals surface area (Å²) in [4.78, 5) is 11.8. The largest absolute Gasteiger partial charge is 0.494 e. The van der Waals surface area contributed by atoms with Crippen LogP contribution in [0.3, 0.4) is 0 Å². The Balaban J connectivity index is 2.47. The lowest BCUT2D eigenvalue weighted by Gasteiger charge is -2.20. The molecule has 0 radical (unpaired) electrons. The van der Waals surface area contributed by atoms with Gasteiger partial charge in [-0.3, -0.25) is 5.32 Å². The number of nitrogens with zero attached hydrogens (tertiary/aromatic N) is 2. The molecule has 25 heavy (non-hydrogen) atoms. The molecule has 1 N–H and O–H groups in total. The van der Waals surface area contributed by atoms with Gasteiger partial charge in [0, 0.05) is 0 Å². The molecule has 0 saturated heterocycles. The molecule has 1 amide bonds. The van der Waals surface area contributed by atoms with Gasteiger partial charge < -0.3 is 9.47 Å². The molecule has 1 heterocycles. The Morgan fingerprint density at radius 1 is 1.20 bits per heavy atom. The van der Waals surface area contributed by atoms with Crippen LogP contribution in [-0.2, 0) is 10.9 Å². The Labute approximate surface area is 142 Å². The van der Waals surface area contributed by atoms with E-state index in [2.05, 4.69) is 10.4 Å². The molecule has 2 aromatic rings. The maximum Gasteiger partial charge on any atom is 0.435 e. The molecule has 1 aromatic heterocycles. The molecule has 6 nitrogen and oxygen atoms in total. The summed E-state index contributed by atoms with van der Waals surface area (Å²) < 4.78 is 51.4. The molecular weight excluding hydrogens is 339 g/mol. The minimum atomic E-state index is -4.76. The molecule has 0 unspecified atom stereocenters. The maximum atomic E-state index is 13.6. The number of anilines is 1. The minimum absolute atomic E-state index is 0.0922. The van der Waals surface area contributed by atoms with Crippen molar-refractivity contribution in [2.24, 2.45) is 0 Å². The van der Waals surface area contributed by atoms with E-state index in [0.29, 0.717) is 4.68 Å². The summed E-state index contributed by atoms with van der Waals surface area (Å²) in [6.45, 7) is 4.82. The van der Waals surface area contributed by atoms with Crippen LogP contribution in [0.5, 0.6) is 5.75 Å². The van der Waals surface area contributed by atoms with E-state index in [1.807, 2.05) is 0 Å². The highest BCUT2D eigenvalue weighted by Crippen LogP contribution is 2.38. The SMILES string of the molecule is COc1ccccc1-n1ncc(NC(=O)OC(C)(C)C)c1C(F)(F)F. The lowest BCUT2D eigenvalue weighted by molar-refractivity contribution is -0.142. The van der Waals surface area contributed by atoms with Gasteiger partial charge >= 0.3 is 12.3 Å². The Bertz CT molecular complexity index is 764. The van der Waals surface area contributed by atoms with Crippen LogP contribution in [0.2, 0.25) is 0 Å². The van der Waals surface area contributed by atoms with Gasteiger partial charge in [-0.05, 0) is 32.9 Å². The van der Waals surface area contributed by atoms with Crippen LogP contribution in [0, 0.1) is 0 Å². The predicted octanol–water partition coefficient (Wildman–Crippen LogP) is 4.25. The van der Waals surface area contributed by atoms with Gasteiger partial charge in [0.1, 0.15) is 17.0 Å². The van der Waals surface area contributed by atoms with Gasteiger partial charge in [-0.25, -0.2) is 9.48 Å². The predicted molar refractivity (Wildman–Crippen MR) is 85.0 cm³/mol. The Kier molecular flexibility index (Phi) is 4.96. The number of methoxy groups -OCH3 is 1. The second kappa shape index (κ2) is 6.66. The Morgan fingerprint density at radius 2 is 1.84 bits per heavy atom. The number of carbonyl (C=O) groups is 1. The normalized spacial score (nSPS) is 12.0. The number of amides is 1. The quantitative estimate of drug-likeness (QED) is 0.892. The van der Waals surface area contributed by atoms with Gasteiger partial charge in [0.05, 0.1) is 19.0 Å². The van der Waals surface area contributed by atoms with Crippen LogP contribution < -0.4 is 10.1 Å².